The summed E-state index contributed by atoms with van der Waals surface area (Å²) in [5.41, 5.74) is 2.90. The van der Waals surface area contributed by atoms with Crippen molar-refractivity contribution in [2.75, 3.05) is 11.5 Å². The molecular weight excluding hydrogens is 256 g/mol. The van der Waals surface area contributed by atoms with Gasteiger partial charge in [0.1, 0.15) is 0 Å². The van der Waals surface area contributed by atoms with Crippen LogP contribution in [0.25, 0.3) is 0 Å². The highest BCUT2D eigenvalue weighted by Gasteiger charge is 2.15. The van der Waals surface area contributed by atoms with Crippen LogP contribution in [0.3, 0.4) is 0 Å². The third kappa shape index (κ3) is 2.34. The molecule has 1 aromatic carbocycles. The molecule has 0 radical (unpaired) electrons. The van der Waals surface area contributed by atoms with E-state index < -0.39 is 0 Å². The zero-order valence-electron chi connectivity index (χ0n) is 8.42. The molecule has 2 heteroatoms. The third-order valence-corrected chi connectivity index (χ3v) is 4.81. The van der Waals surface area contributed by atoms with Gasteiger partial charge in [-0.1, -0.05) is 28.1 Å². The molecule has 0 unspecified atom stereocenters. The molecule has 0 nitrogen and oxygen atoms in total. The van der Waals surface area contributed by atoms with E-state index in [0.717, 1.165) is 5.92 Å². The summed E-state index contributed by atoms with van der Waals surface area (Å²) in [5.74, 6) is 3.47. The van der Waals surface area contributed by atoms with Crippen LogP contribution in [0.2, 0.25) is 0 Å². The van der Waals surface area contributed by atoms with E-state index in [0.29, 0.717) is 0 Å². The Bertz CT molecular complexity index is 316. The van der Waals surface area contributed by atoms with E-state index in [9.17, 15) is 0 Å². The normalized spacial score (nSPS) is 18.4. The standard InChI is InChI=1S/C12H15BrS/c1-9-8-11(2-3-12(9)13)10-4-6-14-7-5-10/h2-3,8,10H,4-7H2,1H3. The Hall–Kier alpha value is 0.0500. The molecule has 0 N–H and O–H groups in total. The molecule has 0 aromatic heterocycles. The van der Waals surface area contributed by atoms with Gasteiger partial charge in [0.25, 0.3) is 0 Å². The first-order valence-corrected chi connectivity index (χ1v) is 7.06. The minimum atomic E-state index is 0.808. The molecule has 1 aliphatic heterocycles. The Labute approximate surface area is 98.6 Å². The topological polar surface area (TPSA) is 0 Å². The van der Waals surface area contributed by atoms with Crippen molar-refractivity contribution in [3.05, 3.63) is 33.8 Å². The fourth-order valence-corrected chi connectivity index (χ4v) is 3.31. The van der Waals surface area contributed by atoms with Crippen molar-refractivity contribution >= 4 is 27.7 Å². The first-order valence-electron chi connectivity index (χ1n) is 5.11. The summed E-state index contributed by atoms with van der Waals surface area (Å²) >= 11 is 5.64. The van der Waals surface area contributed by atoms with Gasteiger partial charge in [-0.15, -0.1) is 0 Å². The molecule has 0 bridgehead atoms. The monoisotopic (exact) mass is 270 g/mol. The Balaban J connectivity index is 2.18. The van der Waals surface area contributed by atoms with Crippen LogP contribution in [0, 0.1) is 6.92 Å². The molecular formula is C12H15BrS. The maximum atomic E-state index is 3.55. The summed E-state index contributed by atoms with van der Waals surface area (Å²) in [7, 11) is 0. The summed E-state index contributed by atoms with van der Waals surface area (Å²) in [4.78, 5) is 0. The molecule has 1 aliphatic rings. The van der Waals surface area contributed by atoms with Gasteiger partial charge in [-0.25, -0.2) is 0 Å². The van der Waals surface area contributed by atoms with E-state index in [4.69, 9.17) is 0 Å². The summed E-state index contributed by atoms with van der Waals surface area (Å²) in [5, 5.41) is 0. The number of halogens is 1. The van der Waals surface area contributed by atoms with Crippen LogP contribution in [0.4, 0.5) is 0 Å². The van der Waals surface area contributed by atoms with Gasteiger partial charge >= 0.3 is 0 Å². The second-order valence-corrected chi connectivity index (χ2v) is 5.97. The van der Waals surface area contributed by atoms with Gasteiger partial charge in [-0.3, -0.25) is 0 Å². The molecule has 76 valence electrons. The Kier molecular flexibility index (Phi) is 3.56. The summed E-state index contributed by atoms with van der Waals surface area (Å²) < 4.78 is 1.23. The largest absolute Gasteiger partial charge is 0.162 e. The molecule has 1 fully saturated rings. The lowest BCUT2D eigenvalue weighted by molar-refractivity contribution is 0.637. The predicted octanol–water partition coefficient (Wildman–Crippen LogP) is 4.37. The lowest BCUT2D eigenvalue weighted by Gasteiger charge is -2.22. The quantitative estimate of drug-likeness (QED) is 0.731. The maximum Gasteiger partial charge on any atom is 0.0204 e. The second-order valence-electron chi connectivity index (χ2n) is 3.90. The molecule has 1 heterocycles. The Morgan fingerprint density at radius 3 is 2.64 bits per heavy atom. The molecule has 1 saturated heterocycles. The van der Waals surface area contributed by atoms with Crippen LogP contribution in [0.15, 0.2) is 22.7 Å². The highest BCUT2D eigenvalue weighted by atomic mass is 79.9. The zero-order chi connectivity index (χ0) is 9.97. The fourth-order valence-electron chi connectivity index (χ4n) is 1.95. The fraction of sp³-hybridized carbons (Fsp3) is 0.500. The number of rotatable bonds is 1. The molecule has 0 amide bonds. The highest BCUT2D eigenvalue weighted by Crippen LogP contribution is 2.32. The lowest BCUT2D eigenvalue weighted by Crippen LogP contribution is -2.07. The molecule has 1 aromatic rings. The maximum absolute atomic E-state index is 3.55. The summed E-state index contributed by atoms with van der Waals surface area (Å²) in [6.45, 7) is 2.17. The van der Waals surface area contributed by atoms with Crippen LogP contribution in [-0.2, 0) is 0 Å². The third-order valence-electron chi connectivity index (χ3n) is 2.87. The van der Waals surface area contributed by atoms with Gasteiger partial charge in [0.2, 0.25) is 0 Å². The molecule has 0 saturated carbocycles. The van der Waals surface area contributed by atoms with Crippen LogP contribution in [-0.4, -0.2) is 11.5 Å². The van der Waals surface area contributed by atoms with Gasteiger partial charge in [0, 0.05) is 4.47 Å². The first kappa shape index (κ1) is 10.6. The van der Waals surface area contributed by atoms with Gasteiger partial charge in [-0.2, -0.15) is 11.8 Å². The molecule has 0 spiro atoms. The Morgan fingerprint density at radius 1 is 1.29 bits per heavy atom. The van der Waals surface area contributed by atoms with Gasteiger partial charge in [0.15, 0.2) is 0 Å². The van der Waals surface area contributed by atoms with Crippen molar-refractivity contribution in [1.82, 2.24) is 0 Å². The van der Waals surface area contributed by atoms with E-state index in [2.05, 4.69) is 52.8 Å². The SMILES string of the molecule is Cc1cc(C2CCSCC2)ccc1Br. The van der Waals surface area contributed by atoms with E-state index in [1.807, 2.05) is 0 Å². The predicted molar refractivity (Wildman–Crippen MR) is 68.2 cm³/mol. The highest BCUT2D eigenvalue weighted by molar-refractivity contribution is 9.10. The molecule has 0 aliphatic carbocycles. The van der Waals surface area contributed by atoms with Gasteiger partial charge in [-0.05, 0) is 54.4 Å². The zero-order valence-corrected chi connectivity index (χ0v) is 10.8. The second kappa shape index (κ2) is 4.71. The number of hydrogen-bond acceptors (Lipinski definition) is 1. The summed E-state index contributed by atoms with van der Waals surface area (Å²) in [6.07, 6.45) is 2.71. The minimum absolute atomic E-state index is 0.808. The molecule has 2 rings (SSSR count). The van der Waals surface area contributed by atoms with E-state index in [-0.39, 0.29) is 0 Å². The van der Waals surface area contributed by atoms with Crippen molar-refractivity contribution < 1.29 is 0 Å². The number of aryl methyl sites for hydroxylation is 1. The average Bonchev–Trinajstić information content (AvgIpc) is 2.23. The van der Waals surface area contributed by atoms with Crippen LogP contribution in [0.1, 0.15) is 29.9 Å². The van der Waals surface area contributed by atoms with Crippen LogP contribution < -0.4 is 0 Å². The summed E-state index contributed by atoms with van der Waals surface area (Å²) in [6, 6.07) is 6.80. The lowest BCUT2D eigenvalue weighted by atomic mass is 9.92. The van der Waals surface area contributed by atoms with Crippen LogP contribution in [0.5, 0.6) is 0 Å². The number of thioether (sulfide) groups is 1. The minimum Gasteiger partial charge on any atom is -0.162 e. The van der Waals surface area contributed by atoms with Crippen molar-refractivity contribution in [3.63, 3.8) is 0 Å². The Morgan fingerprint density at radius 2 is 2.00 bits per heavy atom. The van der Waals surface area contributed by atoms with Crippen molar-refractivity contribution in [2.45, 2.75) is 25.7 Å². The van der Waals surface area contributed by atoms with Crippen molar-refractivity contribution in [1.29, 1.82) is 0 Å². The molecule has 0 atom stereocenters. The molecule has 14 heavy (non-hydrogen) atoms. The van der Waals surface area contributed by atoms with E-state index in [1.54, 1.807) is 0 Å². The smallest absolute Gasteiger partial charge is 0.0204 e. The van der Waals surface area contributed by atoms with E-state index >= 15 is 0 Å². The average molecular weight is 271 g/mol. The first-order chi connectivity index (χ1) is 6.77. The van der Waals surface area contributed by atoms with Crippen molar-refractivity contribution in [2.24, 2.45) is 0 Å². The number of benzene rings is 1. The van der Waals surface area contributed by atoms with Crippen LogP contribution >= 0.6 is 27.7 Å². The van der Waals surface area contributed by atoms with E-state index in [1.165, 1.54) is 39.9 Å². The van der Waals surface area contributed by atoms with Gasteiger partial charge in [0.05, 0.1) is 0 Å². The van der Waals surface area contributed by atoms with Crippen molar-refractivity contribution in [3.8, 4) is 0 Å². The number of hydrogen-bond donors (Lipinski definition) is 0. The van der Waals surface area contributed by atoms with Gasteiger partial charge < -0.3 is 0 Å².